The van der Waals surface area contributed by atoms with Gasteiger partial charge in [0.15, 0.2) is 0 Å². The lowest BCUT2D eigenvalue weighted by Gasteiger charge is -2.09. The number of rotatable bonds is 3. The van der Waals surface area contributed by atoms with Crippen molar-refractivity contribution in [2.24, 2.45) is 0 Å². The Morgan fingerprint density at radius 3 is 1.91 bits per heavy atom. The summed E-state index contributed by atoms with van der Waals surface area (Å²) in [6, 6.07) is 32.0. The minimum absolute atomic E-state index is 0.224. The number of nitrogens with one attached hydrogen (secondary N) is 1. The molecule has 0 unspecified atom stereocenters. The molecule has 1 N–H and O–H groups in total. The van der Waals surface area contributed by atoms with E-state index < -0.39 is 0 Å². The first-order chi connectivity index (χ1) is 15.7. The van der Waals surface area contributed by atoms with Gasteiger partial charge in [-0.05, 0) is 64.5 Å². The molecule has 4 nitrogen and oxygen atoms in total. The number of hydrogen-bond acceptors (Lipinski definition) is 2. The van der Waals surface area contributed by atoms with Gasteiger partial charge in [-0.25, -0.2) is 0 Å². The number of halogens is 1. The fourth-order valence-electron chi connectivity index (χ4n) is 4.23. The maximum absolute atomic E-state index is 12.9. The molecule has 154 valence electrons. The van der Waals surface area contributed by atoms with Crippen molar-refractivity contribution in [1.29, 1.82) is 0 Å². The van der Waals surface area contributed by atoms with Gasteiger partial charge < -0.3 is 8.98 Å². The van der Waals surface area contributed by atoms with Gasteiger partial charge in [-0.3, -0.25) is 10.1 Å². The molecule has 0 aliphatic carbocycles. The summed E-state index contributed by atoms with van der Waals surface area (Å²) in [5, 5.41) is 6.21. The predicted octanol–water partition coefficient (Wildman–Crippen LogP) is 7.54. The molecule has 6 aromatic rings. The smallest absolute Gasteiger partial charge is 0.258 e. The minimum Gasteiger partial charge on any atom is -0.439 e. The molecule has 0 aliphatic rings. The van der Waals surface area contributed by atoms with E-state index in [2.05, 4.69) is 62.2 Å². The Bertz CT molecular complexity index is 1570. The molecule has 1 amide bonds. The Morgan fingerprint density at radius 1 is 0.719 bits per heavy atom. The summed E-state index contributed by atoms with van der Waals surface area (Å²) in [5.41, 5.74) is 4.55. The van der Waals surface area contributed by atoms with Crippen LogP contribution in [-0.2, 0) is 0 Å². The molecule has 0 radical (unpaired) electrons. The van der Waals surface area contributed by atoms with Crippen LogP contribution in [0.5, 0.6) is 0 Å². The van der Waals surface area contributed by atoms with Gasteiger partial charge in [0.1, 0.15) is 5.58 Å². The zero-order valence-electron chi connectivity index (χ0n) is 16.9. The number of carbonyl (C=O) groups excluding carboxylic acids is 1. The molecule has 5 heteroatoms. The standard InChI is InChI=1S/C27H17BrN2O2/c28-25-21-9-3-6-12-24(21)32-27(25)29-26(31)17-13-15-18(16-14-17)30-22-10-4-1-7-19(22)20-8-2-5-11-23(20)30/h1-16H,(H,29,31). The Labute approximate surface area is 192 Å². The summed E-state index contributed by atoms with van der Waals surface area (Å²) in [4.78, 5) is 12.9. The molecule has 0 saturated heterocycles. The summed E-state index contributed by atoms with van der Waals surface area (Å²) < 4.78 is 8.75. The number of furan rings is 1. The number of hydrogen-bond donors (Lipinski definition) is 1. The number of carbonyl (C=O) groups is 1. The third-order valence-electron chi connectivity index (χ3n) is 5.73. The summed E-state index contributed by atoms with van der Waals surface area (Å²) in [6.45, 7) is 0. The predicted molar refractivity (Wildman–Crippen MR) is 133 cm³/mol. The topological polar surface area (TPSA) is 47.2 Å². The van der Waals surface area contributed by atoms with Crippen LogP contribution in [-0.4, -0.2) is 10.5 Å². The van der Waals surface area contributed by atoms with E-state index in [-0.39, 0.29) is 5.91 Å². The molecule has 32 heavy (non-hydrogen) atoms. The molecule has 0 aliphatic heterocycles. The molecule has 6 rings (SSSR count). The summed E-state index contributed by atoms with van der Waals surface area (Å²) >= 11 is 3.52. The second kappa shape index (κ2) is 7.39. The molecule has 2 aromatic heterocycles. The number of fused-ring (bicyclic) bond motifs is 4. The number of anilines is 1. The van der Waals surface area contributed by atoms with E-state index in [9.17, 15) is 4.79 Å². The largest absolute Gasteiger partial charge is 0.439 e. The lowest BCUT2D eigenvalue weighted by atomic mass is 10.2. The number of benzene rings is 4. The maximum atomic E-state index is 12.9. The molecule has 0 atom stereocenters. The first-order valence-corrected chi connectivity index (χ1v) is 11.1. The molecule has 4 aromatic carbocycles. The number of aromatic nitrogens is 1. The lowest BCUT2D eigenvalue weighted by Crippen LogP contribution is -2.11. The minimum atomic E-state index is -0.224. The van der Waals surface area contributed by atoms with Gasteiger partial charge in [-0.1, -0.05) is 48.5 Å². The van der Waals surface area contributed by atoms with Crippen molar-refractivity contribution >= 4 is 60.5 Å². The van der Waals surface area contributed by atoms with Crippen molar-refractivity contribution < 1.29 is 9.21 Å². The van der Waals surface area contributed by atoms with Crippen LogP contribution in [0.1, 0.15) is 10.4 Å². The van der Waals surface area contributed by atoms with E-state index in [4.69, 9.17) is 4.42 Å². The molecular weight excluding hydrogens is 464 g/mol. The molecule has 0 spiro atoms. The molecule has 0 fully saturated rings. The zero-order valence-corrected chi connectivity index (χ0v) is 18.5. The monoisotopic (exact) mass is 480 g/mol. The Hall–Kier alpha value is -3.83. The molecule has 0 bridgehead atoms. The van der Waals surface area contributed by atoms with Crippen LogP contribution in [0, 0.1) is 0 Å². The van der Waals surface area contributed by atoms with Gasteiger partial charge in [0.2, 0.25) is 5.88 Å². The van der Waals surface area contributed by atoms with E-state index >= 15 is 0 Å². The highest BCUT2D eigenvalue weighted by atomic mass is 79.9. The first-order valence-electron chi connectivity index (χ1n) is 10.3. The van der Waals surface area contributed by atoms with E-state index in [1.165, 1.54) is 10.8 Å². The average molecular weight is 481 g/mol. The van der Waals surface area contributed by atoms with Gasteiger partial charge >= 0.3 is 0 Å². The van der Waals surface area contributed by atoms with Gasteiger partial charge in [-0.2, -0.15) is 0 Å². The second-order valence-electron chi connectivity index (χ2n) is 7.61. The van der Waals surface area contributed by atoms with E-state index in [0.29, 0.717) is 11.4 Å². The van der Waals surface area contributed by atoms with Crippen LogP contribution in [0.2, 0.25) is 0 Å². The number of para-hydroxylation sites is 3. The van der Waals surface area contributed by atoms with E-state index in [1.54, 1.807) is 0 Å². The summed E-state index contributed by atoms with van der Waals surface area (Å²) in [6.07, 6.45) is 0. The fraction of sp³-hybridized carbons (Fsp3) is 0. The average Bonchev–Trinajstić information content (AvgIpc) is 3.34. The van der Waals surface area contributed by atoms with Gasteiger partial charge in [0.25, 0.3) is 5.91 Å². The van der Waals surface area contributed by atoms with Crippen molar-refractivity contribution in [3.63, 3.8) is 0 Å². The van der Waals surface area contributed by atoms with Crippen LogP contribution >= 0.6 is 15.9 Å². The normalized spacial score (nSPS) is 11.4. The van der Waals surface area contributed by atoms with Gasteiger partial charge in [0.05, 0.1) is 15.5 Å². The SMILES string of the molecule is O=C(Nc1oc2ccccc2c1Br)c1ccc(-n2c3ccccc3c3ccccc32)cc1. The Kier molecular flexibility index (Phi) is 4.37. The summed E-state index contributed by atoms with van der Waals surface area (Å²) in [7, 11) is 0. The molecular formula is C27H17BrN2O2. The highest BCUT2D eigenvalue weighted by molar-refractivity contribution is 9.10. The van der Waals surface area contributed by atoms with Crippen LogP contribution in [0.4, 0.5) is 5.88 Å². The van der Waals surface area contributed by atoms with Crippen LogP contribution in [0.15, 0.2) is 106 Å². The maximum Gasteiger partial charge on any atom is 0.258 e. The zero-order chi connectivity index (χ0) is 21.7. The van der Waals surface area contributed by atoms with Gasteiger partial charge in [-0.15, -0.1) is 0 Å². The van der Waals surface area contributed by atoms with Crippen LogP contribution < -0.4 is 5.32 Å². The Morgan fingerprint density at radius 2 is 1.28 bits per heavy atom. The van der Waals surface area contributed by atoms with Crippen molar-refractivity contribution in [3.8, 4) is 5.69 Å². The first kappa shape index (κ1) is 18.9. The van der Waals surface area contributed by atoms with Gasteiger partial charge in [0, 0.05) is 27.4 Å². The number of nitrogens with zero attached hydrogens (tertiary/aromatic N) is 1. The van der Waals surface area contributed by atoms with Crippen molar-refractivity contribution in [2.45, 2.75) is 0 Å². The van der Waals surface area contributed by atoms with Crippen LogP contribution in [0.3, 0.4) is 0 Å². The Balaban J connectivity index is 1.36. The highest BCUT2D eigenvalue weighted by Gasteiger charge is 2.16. The van der Waals surface area contributed by atoms with E-state index in [1.807, 2.05) is 60.7 Å². The molecule has 2 heterocycles. The highest BCUT2D eigenvalue weighted by Crippen LogP contribution is 2.35. The van der Waals surface area contributed by atoms with Crippen molar-refractivity contribution in [3.05, 3.63) is 107 Å². The van der Waals surface area contributed by atoms with Crippen molar-refractivity contribution in [2.75, 3.05) is 5.32 Å². The second-order valence-corrected chi connectivity index (χ2v) is 8.41. The third-order valence-corrected chi connectivity index (χ3v) is 6.52. The molecule has 0 saturated carbocycles. The fourth-order valence-corrected chi connectivity index (χ4v) is 4.74. The summed E-state index contributed by atoms with van der Waals surface area (Å²) in [5.74, 6) is 0.182. The lowest BCUT2D eigenvalue weighted by molar-refractivity contribution is 0.102. The number of amides is 1. The van der Waals surface area contributed by atoms with Crippen molar-refractivity contribution in [1.82, 2.24) is 4.57 Å². The third kappa shape index (κ3) is 2.93. The van der Waals surface area contributed by atoms with E-state index in [0.717, 1.165) is 32.2 Å². The quantitative estimate of drug-likeness (QED) is 0.284. The van der Waals surface area contributed by atoms with Crippen LogP contribution in [0.25, 0.3) is 38.5 Å².